The number of anilines is 1. The van der Waals surface area contributed by atoms with Crippen molar-refractivity contribution in [3.05, 3.63) is 46.6 Å². The molecule has 0 aliphatic carbocycles. The number of rotatable bonds is 3. The minimum atomic E-state index is -0.374. The number of carbonyl (C=O) groups is 1. The lowest BCUT2D eigenvalue weighted by atomic mass is 10.0. The summed E-state index contributed by atoms with van der Waals surface area (Å²) in [7, 11) is 2.93. The summed E-state index contributed by atoms with van der Waals surface area (Å²) in [4.78, 5) is 19.8. The predicted octanol–water partition coefficient (Wildman–Crippen LogP) is 3.44. The van der Waals surface area contributed by atoms with E-state index >= 15 is 0 Å². The van der Waals surface area contributed by atoms with E-state index in [1.165, 1.54) is 7.11 Å². The Labute approximate surface area is 146 Å². The van der Waals surface area contributed by atoms with Crippen LogP contribution < -0.4 is 10.5 Å². The van der Waals surface area contributed by atoms with Crippen LogP contribution in [0.1, 0.15) is 10.4 Å². The van der Waals surface area contributed by atoms with Gasteiger partial charge in [-0.1, -0.05) is 12.1 Å². The first-order valence-corrected chi connectivity index (χ1v) is 7.82. The fourth-order valence-electron chi connectivity index (χ4n) is 2.42. The first-order chi connectivity index (χ1) is 11.5. The highest BCUT2D eigenvalue weighted by atomic mass is 79.9. The lowest BCUT2D eigenvalue weighted by Gasteiger charge is -2.12. The van der Waals surface area contributed by atoms with Gasteiger partial charge >= 0.3 is 5.97 Å². The number of hydrogen-bond acceptors (Lipinski definition) is 6. The molecular formula is C17H14BrN3O3. The third kappa shape index (κ3) is 2.78. The van der Waals surface area contributed by atoms with Crippen LogP contribution in [0, 0.1) is 0 Å². The molecule has 2 aromatic carbocycles. The number of esters is 1. The fraction of sp³-hybridized carbons (Fsp3) is 0.118. The van der Waals surface area contributed by atoms with E-state index in [1.54, 1.807) is 25.4 Å². The molecule has 0 aliphatic rings. The molecule has 0 atom stereocenters. The Morgan fingerprint density at radius 2 is 1.92 bits per heavy atom. The van der Waals surface area contributed by atoms with Crippen molar-refractivity contribution in [2.24, 2.45) is 0 Å². The van der Waals surface area contributed by atoms with Gasteiger partial charge in [-0.25, -0.2) is 14.8 Å². The number of nitrogens with two attached hydrogens (primary N) is 1. The Bertz CT molecular complexity index is 927. The highest BCUT2D eigenvalue weighted by Gasteiger charge is 2.15. The SMILES string of the molecule is COC(=O)c1ccc(-c2cc(OC)c3nc(N)ncc3c2Br)cc1. The molecule has 122 valence electrons. The van der Waals surface area contributed by atoms with Gasteiger partial charge in [0.2, 0.25) is 5.95 Å². The lowest BCUT2D eigenvalue weighted by Crippen LogP contribution is -2.00. The molecule has 24 heavy (non-hydrogen) atoms. The van der Waals surface area contributed by atoms with Crippen LogP contribution in [0.15, 0.2) is 41.0 Å². The quantitative estimate of drug-likeness (QED) is 0.692. The van der Waals surface area contributed by atoms with Crippen LogP contribution in [0.25, 0.3) is 22.0 Å². The van der Waals surface area contributed by atoms with Crippen LogP contribution in [0.5, 0.6) is 5.75 Å². The smallest absolute Gasteiger partial charge is 0.337 e. The predicted molar refractivity (Wildman–Crippen MR) is 95.0 cm³/mol. The summed E-state index contributed by atoms with van der Waals surface area (Å²) >= 11 is 3.60. The van der Waals surface area contributed by atoms with Crippen LogP contribution in [0.3, 0.4) is 0 Å². The molecule has 0 fully saturated rings. The molecule has 0 saturated heterocycles. The van der Waals surface area contributed by atoms with Crippen LogP contribution in [-0.2, 0) is 4.74 Å². The number of aromatic nitrogens is 2. The molecular weight excluding hydrogens is 374 g/mol. The average Bonchev–Trinajstić information content (AvgIpc) is 2.61. The van der Waals surface area contributed by atoms with Crippen LogP contribution in [0.4, 0.5) is 5.95 Å². The molecule has 3 rings (SSSR count). The largest absolute Gasteiger partial charge is 0.494 e. The highest BCUT2D eigenvalue weighted by molar-refractivity contribution is 9.10. The van der Waals surface area contributed by atoms with Gasteiger partial charge in [0.25, 0.3) is 0 Å². The summed E-state index contributed by atoms with van der Waals surface area (Å²) in [5.41, 5.74) is 8.59. The molecule has 0 bridgehead atoms. The van der Waals surface area contributed by atoms with Crippen molar-refractivity contribution < 1.29 is 14.3 Å². The maximum Gasteiger partial charge on any atom is 0.337 e. The monoisotopic (exact) mass is 387 g/mol. The van der Waals surface area contributed by atoms with Gasteiger partial charge in [0, 0.05) is 21.6 Å². The summed E-state index contributed by atoms with van der Waals surface area (Å²) < 4.78 is 11.0. The number of methoxy groups -OCH3 is 2. The maximum atomic E-state index is 11.6. The van der Waals surface area contributed by atoms with Gasteiger partial charge in [-0.2, -0.15) is 0 Å². The molecule has 1 aromatic heterocycles. The number of halogens is 1. The first-order valence-electron chi connectivity index (χ1n) is 7.02. The molecule has 0 radical (unpaired) electrons. The molecule has 2 N–H and O–H groups in total. The van der Waals surface area contributed by atoms with Gasteiger partial charge in [-0.05, 0) is 39.7 Å². The zero-order chi connectivity index (χ0) is 17.3. The zero-order valence-electron chi connectivity index (χ0n) is 13.0. The number of fused-ring (bicyclic) bond motifs is 1. The fourth-order valence-corrected chi connectivity index (χ4v) is 3.05. The van der Waals surface area contributed by atoms with Gasteiger partial charge in [0.1, 0.15) is 11.3 Å². The second-order valence-electron chi connectivity index (χ2n) is 5.00. The van der Waals surface area contributed by atoms with Gasteiger partial charge in [-0.3, -0.25) is 0 Å². The van der Waals surface area contributed by atoms with Crippen molar-refractivity contribution in [1.29, 1.82) is 0 Å². The molecule has 0 spiro atoms. The van der Waals surface area contributed by atoms with E-state index in [1.807, 2.05) is 18.2 Å². The Morgan fingerprint density at radius 3 is 2.54 bits per heavy atom. The van der Waals surface area contributed by atoms with Crippen molar-refractivity contribution in [2.75, 3.05) is 20.0 Å². The highest BCUT2D eigenvalue weighted by Crippen LogP contribution is 2.39. The molecule has 0 saturated carbocycles. The minimum Gasteiger partial charge on any atom is -0.494 e. The average molecular weight is 388 g/mol. The summed E-state index contributed by atoms with van der Waals surface area (Å²) in [6, 6.07) is 8.98. The molecule has 6 nitrogen and oxygen atoms in total. The topological polar surface area (TPSA) is 87.3 Å². The number of nitrogen functional groups attached to an aromatic ring is 1. The van der Waals surface area contributed by atoms with E-state index in [-0.39, 0.29) is 11.9 Å². The van der Waals surface area contributed by atoms with Crippen LogP contribution in [0.2, 0.25) is 0 Å². The first kappa shape index (κ1) is 16.2. The zero-order valence-corrected chi connectivity index (χ0v) is 14.6. The van der Waals surface area contributed by atoms with E-state index < -0.39 is 0 Å². The van der Waals surface area contributed by atoms with Crippen LogP contribution in [-0.4, -0.2) is 30.2 Å². The van der Waals surface area contributed by atoms with Crippen molar-refractivity contribution in [1.82, 2.24) is 9.97 Å². The van der Waals surface area contributed by atoms with E-state index in [0.29, 0.717) is 16.8 Å². The molecule has 3 aromatic rings. The standard InChI is InChI=1S/C17H14BrN3O3/c1-23-13-7-11(9-3-5-10(6-4-9)16(22)24-2)14(18)12-8-20-17(19)21-15(12)13/h3-8H,1-2H3,(H2,19,20,21). The Balaban J connectivity index is 2.17. The molecule has 0 amide bonds. The maximum absolute atomic E-state index is 11.6. The Kier molecular flexibility index (Phi) is 4.35. The molecule has 0 unspecified atom stereocenters. The van der Waals surface area contributed by atoms with E-state index in [0.717, 1.165) is 21.0 Å². The normalized spacial score (nSPS) is 10.6. The third-order valence-corrected chi connectivity index (χ3v) is 4.48. The third-order valence-electron chi connectivity index (χ3n) is 3.63. The van der Waals surface area contributed by atoms with Crippen molar-refractivity contribution in [3.8, 4) is 16.9 Å². The second kappa shape index (κ2) is 6.45. The summed E-state index contributed by atoms with van der Waals surface area (Å²) in [6.45, 7) is 0. The van der Waals surface area contributed by atoms with Crippen molar-refractivity contribution in [2.45, 2.75) is 0 Å². The Morgan fingerprint density at radius 1 is 1.21 bits per heavy atom. The number of hydrogen-bond donors (Lipinski definition) is 1. The Hall–Kier alpha value is -2.67. The summed E-state index contributed by atoms with van der Waals surface area (Å²) in [5, 5.41) is 0.788. The molecule has 1 heterocycles. The van der Waals surface area contributed by atoms with E-state index in [9.17, 15) is 4.79 Å². The minimum absolute atomic E-state index is 0.183. The summed E-state index contributed by atoms with van der Waals surface area (Å²) in [6.07, 6.45) is 1.65. The molecule has 0 aliphatic heterocycles. The van der Waals surface area contributed by atoms with Gasteiger partial charge < -0.3 is 15.2 Å². The van der Waals surface area contributed by atoms with Crippen molar-refractivity contribution in [3.63, 3.8) is 0 Å². The van der Waals surface area contributed by atoms with Gasteiger partial charge in [0.05, 0.1) is 19.8 Å². The van der Waals surface area contributed by atoms with Crippen molar-refractivity contribution >= 4 is 38.8 Å². The molecule has 7 heteroatoms. The van der Waals surface area contributed by atoms with E-state index in [4.69, 9.17) is 15.2 Å². The summed E-state index contributed by atoms with van der Waals surface area (Å²) in [5.74, 6) is 0.401. The number of ether oxygens (including phenoxy) is 2. The number of benzene rings is 2. The number of nitrogens with zero attached hydrogens (tertiary/aromatic N) is 2. The lowest BCUT2D eigenvalue weighted by molar-refractivity contribution is 0.0601. The number of carbonyl (C=O) groups excluding carboxylic acids is 1. The van der Waals surface area contributed by atoms with Gasteiger partial charge in [0.15, 0.2) is 0 Å². The second-order valence-corrected chi connectivity index (χ2v) is 5.79. The van der Waals surface area contributed by atoms with Crippen LogP contribution >= 0.6 is 15.9 Å². The van der Waals surface area contributed by atoms with E-state index in [2.05, 4.69) is 25.9 Å². The van der Waals surface area contributed by atoms with Gasteiger partial charge in [-0.15, -0.1) is 0 Å².